The Balaban J connectivity index is 0.000000412. The highest BCUT2D eigenvalue weighted by atomic mass is 32.1. The summed E-state index contributed by atoms with van der Waals surface area (Å²) in [5, 5.41) is 23.9. The van der Waals surface area contributed by atoms with Crippen LogP contribution in [-0.4, -0.2) is 61.7 Å². The predicted octanol–water partition coefficient (Wildman–Crippen LogP) is 3.62. The Morgan fingerprint density at radius 2 is 2.03 bits per heavy atom. The second kappa shape index (κ2) is 13.5. The minimum absolute atomic E-state index is 0.0436. The summed E-state index contributed by atoms with van der Waals surface area (Å²) in [6.45, 7) is 3.37. The highest BCUT2D eigenvalue weighted by Crippen LogP contribution is 2.40. The maximum atomic E-state index is 11.7. The van der Waals surface area contributed by atoms with Gasteiger partial charge in [-0.1, -0.05) is 12.1 Å². The molecule has 0 aromatic carbocycles. The Kier molecular flexibility index (Phi) is 11.8. The Labute approximate surface area is 195 Å². The molecule has 186 valence electrons. The lowest BCUT2D eigenvalue weighted by Crippen LogP contribution is -2.36. The van der Waals surface area contributed by atoms with Gasteiger partial charge in [0.25, 0.3) is 0 Å². The second-order valence-corrected chi connectivity index (χ2v) is 8.66. The van der Waals surface area contributed by atoms with Crippen molar-refractivity contribution in [2.75, 3.05) is 33.4 Å². The number of rotatable bonds is 11. The molecule has 0 radical (unpaired) electrons. The average Bonchev–Trinajstić information content (AvgIpc) is 3.25. The first kappa shape index (κ1) is 28.8. The molecule has 7 nitrogen and oxygen atoms in total. The molecule has 1 aliphatic carbocycles. The SMILES string of the molecule is COCCC1(C(=O)O)C=C(C)C(CNCCN)=C(C(=O)O)C1.FC(F)(F)CCc1cccs1. The largest absolute Gasteiger partial charge is 0.481 e. The molecule has 1 aliphatic rings. The van der Waals surface area contributed by atoms with Crippen molar-refractivity contribution in [3.63, 3.8) is 0 Å². The average molecular weight is 493 g/mol. The number of carbonyl (C=O) groups is 2. The number of aryl methyl sites for hydroxylation is 1. The van der Waals surface area contributed by atoms with E-state index in [2.05, 4.69) is 5.32 Å². The Morgan fingerprint density at radius 1 is 1.33 bits per heavy atom. The molecule has 11 heteroatoms. The van der Waals surface area contributed by atoms with E-state index in [-0.39, 0.29) is 31.4 Å². The summed E-state index contributed by atoms with van der Waals surface area (Å²) in [5.41, 5.74) is 5.63. The van der Waals surface area contributed by atoms with E-state index in [9.17, 15) is 33.0 Å². The fourth-order valence-electron chi connectivity index (χ4n) is 3.39. The maximum absolute atomic E-state index is 11.7. The number of carboxylic acid groups (broad SMARTS) is 2. The first-order chi connectivity index (χ1) is 15.5. The summed E-state index contributed by atoms with van der Waals surface area (Å²) >= 11 is 1.36. The fraction of sp³-hybridized carbons (Fsp3) is 0.545. The third kappa shape index (κ3) is 9.66. The number of thiophene rings is 1. The molecular formula is C22H31F3N2O5S. The maximum Gasteiger partial charge on any atom is 0.389 e. The van der Waals surface area contributed by atoms with Crippen LogP contribution in [0.3, 0.4) is 0 Å². The lowest BCUT2D eigenvalue weighted by Gasteiger charge is -2.32. The molecule has 0 fully saturated rings. The third-order valence-corrected chi connectivity index (χ3v) is 6.06. The number of nitrogens with one attached hydrogen (secondary N) is 1. The molecule has 0 bridgehead atoms. The number of hydrogen-bond acceptors (Lipinski definition) is 6. The van der Waals surface area contributed by atoms with Gasteiger partial charge in [-0.2, -0.15) is 13.2 Å². The molecule has 1 unspecified atom stereocenters. The van der Waals surface area contributed by atoms with Crippen molar-refractivity contribution >= 4 is 23.3 Å². The Bertz CT molecular complexity index is 838. The Hall–Kier alpha value is -2.21. The lowest BCUT2D eigenvalue weighted by molar-refractivity contribution is -0.147. The molecule has 1 aromatic rings. The van der Waals surface area contributed by atoms with Crippen molar-refractivity contribution in [2.45, 2.75) is 38.8 Å². The second-order valence-electron chi connectivity index (χ2n) is 7.63. The van der Waals surface area contributed by atoms with Crippen LogP contribution in [0.25, 0.3) is 0 Å². The number of methoxy groups -OCH3 is 1. The van der Waals surface area contributed by atoms with Gasteiger partial charge >= 0.3 is 18.1 Å². The number of alkyl halides is 3. The van der Waals surface area contributed by atoms with Gasteiger partial charge in [-0.15, -0.1) is 11.3 Å². The van der Waals surface area contributed by atoms with Crippen LogP contribution in [0.1, 0.15) is 31.1 Å². The summed E-state index contributed by atoms with van der Waals surface area (Å²) in [4.78, 5) is 24.1. The van der Waals surface area contributed by atoms with Crippen molar-refractivity contribution in [2.24, 2.45) is 11.1 Å². The number of ether oxygens (including phenoxy) is 1. The standard InChI is InChI=1S/C15H24N2O5.C7H7F3S/c1-10-7-15(14(20)21,3-6-22-2)8-11(13(18)19)12(10)9-17-5-4-16;8-7(9,10)4-3-6-2-1-5-11-6/h7,17H,3-6,8-9,16H2,1-2H3,(H,18,19)(H,20,21);1-2,5H,3-4H2. The lowest BCUT2D eigenvalue weighted by atomic mass is 9.71. The first-order valence-corrected chi connectivity index (χ1v) is 11.2. The van der Waals surface area contributed by atoms with Crippen molar-refractivity contribution in [3.05, 3.63) is 45.2 Å². The molecule has 0 saturated heterocycles. The van der Waals surface area contributed by atoms with Crippen LogP contribution in [0, 0.1) is 5.41 Å². The van der Waals surface area contributed by atoms with Gasteiger partial charge in [0.05, 0.1) is 5.41 Å². The van der Waals surface area contributed by atoms with Crippen LogP contribution in [0.15, 0.2) is 40.3 Å². The molecule has 1 atom stereocenters. The molecule has 1 heterocycles. The summed E-state index contributed by atoms with van der Waals surface area (Å²) in [7, 11) is 1.49. The van der Waals surface area contributed by atoms with Gasteiger partial charge in [-0.3, -0.25) is 4.79 Å². The third-order valence-electron chi connectivity index (χ3n) is 5.12. The predicted molar refractivity (Wildman–Crippen MR) is 120 cm³/mol. The molecule has 0 amide bonds. The van der Waals surface area contributed by atoms with Crippen molar-refractivity contribution in [3.8, 4) is 0 Å². The molecule has 0 aliphatic heterocycles. The van der Waals surface area contributed by atoms with Crippen LogP contribution < -0.4 is 11.1 Å². The van der Waals surface area contributed by atoms with Crippen LogP contribution in [-0.2, 0) is 20.7 Å². The normalized spacial score (nSPS) is 18.4. The van der Waals surface area contributed by atoms with Crippen LogP contribution in [0.4, 0.5) is 13.2 Å². The minimum Gasteiger partial charge on any atom is -0.481 e. The smallest absolute Gasteiger partial charge is 0.389 e. The summed E-state index contributed by atoms with van der Waals surface area (Å²) in [6.07, 6.45) is -2.78. The van der Waals surface area contributed by atoms with Crippen LogP contribution in [0.2, 0.25) is 0 Å². The summed E-state index contributed by atoms with van der Waals surface area (Å²) in [5.74, 6) is -2.11. The van der Waals surface area contributed by atoms with Gasteiger partial charge < -0.3 is 26.0 Å². The zero-order valence-corrected chi connectivity index (χ0v) is 19.5. The van der Waals surface area contributed by atoms with Gasteiger partial charge in [-0.05, 0) is 48.8 Å². The van der Waals surface area contributed by atoms with E-state index in [1.54, 1.807) is 30.5 Å². The molecule has 0 saturated carbocycles. The molecule has 1 aromatic heterocycles. The van der Waals surface area contributed by atoms with E-state index in [4.69, 9.17) is 10.5 Å². The minimum atomic E-state index is -4.02. The van der Waals surface area contributed by atoms with Crippen molar-refractivity contribution < 1.29 is 37.7 Å². The van der Waals surface area contributed by atoms with Crippen LogP contribution in [0.5, 0.6) is 0 Å². The van der Waals surface area contributed by atoms with Gasteiger partial charge in [0, 0.05) is 50.2 Å². The van der Waals surface area contributed by atoms with E-state index < -0.39 is 30.0 Å². The highest BCUT2D eigenvalue weighted by molar-refractivity contribution is 7.09. The number of halogens is 3. The molecule has 33 heavy (non-hydrogen) atoms. The molecule has 0 spiro atoms. The first-order valence-electron chi connectivity index (χ1n) is 10.3. The van der Waals surface area contributed by atoms with Gasteiger partial charge in [-0.25, -0.2) is 4.79 Å². The van der Waals surface area contributed by atoms with Gasteiger partial charge in [0.1, 0.15) is 0 Å². The number of nitrogens with two attached hydrogens (primary N) is 1. The van der Waals surface area contributed by atoms with E-state index in [1.807, 2.05) is 0 Å². The number of hydrogen-bond donors (Lipinski definition) is 4. The molecule has 2 rings (SSSR count). The monoisotopic (exact) mass is 492 g/mol. The number of carboxylic acids is 2. The topological polar surface area (TPSA) is 122 Å². The van der Waals surface area contributed by atoms with Gasteiger partial charge in [0.2, 0.25) is 0 Å². The van der Waals surface area contributed by atoms with E-state index >= 15 is 0 Å². The number of aliphatic carboxylic acids is 2. The van der Waals surface area contributed by atoms with Crippen molar-refractivity contribution in [1.82, 2.24) is 5.32 Å². The van der Waals surface area contributed by atoms with Gasteiger partial charge in [0.15, 0.2) is 0 Å². The van der Waals surface area contributed by atoms with Crippen molar-refractivity contribution in [1.29, 1.82) is 0 Å². The van der Waals surface area contributed by atoms with E-state index in [0.29, 0.717) is 30.8 Å². The quantitative estimate of drug-likeness (QED) is 0.348. The molecular weight excluding hydrogens is 461 g/mol. The Morgan fingerprint density at radius 3 is 2.52 bits per heavy atom. The zero-order chi connectivity index (χ0) is 25.1. The summed E-state index contributed by atoms with van der Waals surface area (Å²) < 4.78 is 39.9. The van der Waals surface area contributed by atoms with Crippen LogP contribution >= 0.6 is 11.3 Å². The van der Waals surface area contributed by atoms with E-state index in [0.717, 1.165) is 4.88 Å². The highest BCUT2D eigenvalue weighted by Gasteiger charge is 2.42. The summed E-state index contributed by atoms with van der Waals surface area (Å²) in [6, 6.07) is 3.48. The molecule has 5 N–H and O–H groups in total. The van der Waals surface area contributed by atoms with E-state index in [1.165, 1.54) is 18.4 Å². The zero-order valence-electron chi connectivity index (χ0n) is 18.7. The fourth-order valence-corrected chi connectivity index (χ4v) is 4.10.